The lowest BCUT2D eigenvalue weighted by Gasteiger charge is -2.37. The fourth-order valence-electron chi connectivity index (χ4n) is 3.97. The van der Waals surface area contributed by atoms with Crippen LogP contribution in [0, 0.1) is 5.92 Å². The predicted octanol–water partition coefficient (Wildman–Crippen LogP) is 4.52. The Labute approximate surface area is 175 Å². The number of hydrogen-bond acceptors (Lipinski definition) is 3. The molecule has 0 bridgehead atoms. The van der Waals surface area contributed by atoms with E-state index in [0.717, 1.165) is 31.2 Å². The van der Waals surface area contributed by atoms with Gasteiger partial charge in [0.05, 0.1) is 12.6 Å². The maximum Gasteiger partial charge on any atom is 0.242 e. The Kier molecular flexibility index (Phi) is 5.74. The van der Waals surface area contributed by atoms with Crippen molar-refractivity contribution >= 4 is 34.8 Å². The normalized spacial score (nSPS) is 18.6. The van der Waals surface area contributed by atoms with Crippen molar-refractivity contribution in [1.29, 1.82) is 0 Å². The first-order valence-electron chi connectivity index (χ1n) is 9.98. The van der Waals surface area contributed by atoms with Gasteiger partial charge in [0, 0.05) is 28.9 Å². The van der Waals surface area contributed by atoms with Crippen LogP contribution in [0.5, 0.6) is 0 Å². The summed E-state index contributed by atoms with van der Waals surface area (Å²) in [5.41, 5.74) is 2.26. The second-order valence-electron chi connectivity index (χ2n) is 7.62. The van der Waals surface area contributed by atoms with E-state index in [-0.39, 0.29) is 30.3 Å². The molecule has 1 unspecified atom stereocenters. The Morgan fingerprint density at radius 1 is 1.21 bits per heavy atom. The number of nitrogens with zero attached hydrogens (tertiary/aromatic N) is 2. The molecule has 0 spiro atoms. The van der Waals surface area contributed by atoms with E-state index in [0.29, 0.717) is 18.1 Å². The first kappa shape index (κ1) is 19.5. The summed E-state index contributed by atoms with van der Waals surface area (Å²) in [6, 6.07) is 9.76. The highest BCUT2D eigenvalue weighted by molar-refractivity contribution is 7.10. The molecule has 4 nitrogen and oxygen atoms in total. The van der Waals surface area contributed by atoms with Gasteiger partial charge in [0.15, 0.2) is 0 Å². The van der Waals surface area contributed by atoms with Gasteiger partial charge in [0.2, 0.25) is 11.8 Å². The Morgan fingerprint density at radius 2 is 1.96 bits per heavy atom. The number of fused-ring (bicyclic) bond motifs is 1. The summed E-state index contributed by atoms with van der Waals surface area (Å²) in [6.45, 7) is 3.54. The minimum Gasteiger partial charge on any atom is -0.333 e. The van der Waals surface area contributed by atoms with Crippen LogP contribution in [0.15, 0.2) is 35.7 Å². The molecule has 4 rings (SSSR count). The van der Waals surface area contributed by atoms with Crippen LogP contribution in [0.4, 0.5) is 0 Å². The molecule has 1 aliphatic carbocycles. The number of carbonyl (C=O) groups excluding carboxylic acids is 2. The van der Waals surface area contributed by atoms with Crippen LogP contribution in [0.3, 0.4) is 0 Å². The van der Waals surface area contributed by atoms with Gasteiger partial charge in [-0.3, -0.25) is 9.59 Å². The summed E-state index contributed by atoms with van der Waals surface area (Å²) >= 11 is 7.83. The number of amides is 2. The third-order valence-corrected chi connectivity index (χ3v) is 6.78. The zero-order chi connectivity index (χ0) is 19.7. The Hall–Kier alpha value is -1.85. The van der Waals surface area contributed by atoms with Gasteiger partial charge in [-0.1, -0.05) is 30.7 Å². The summed E-state index contributed by atoms with van der Waals surface area (Å²) in [4.78, 5) is 31.0. The molecular weight excluding hydrogens is 392 g/mol. The molecule has 2 aromatic rings. The van der Waals surface area contributed by atoms with E-state index in [1.807, 2.05) is 36.1 Å². The van der Waals surface area contributed by atoms with Gasteiger partial charge in [-0.15, -0.1) is 11.3 Å². The van der Waals surface area contributed by atoms with Crippen LogP contribution in [-0.2, 0) is 16.0 Å². The van der Waals surface area contributed by atoms with Gasteiger partial charge in [0.25, 0.3) is 0 Å². The predicted molar refractivity (Wildman–Crippen MR) is 113 cm³/mol. The van der Waals surface area contributed by atoms with Crippen LogP contribution in [0.1, 0.15) is 48.2 Å². The molecule has 0 N–H and O–H groups in total. The van der Waals surface area contributed by atoms with Crippen LogP contribution >= 0.6 is 22.9 Å². The lowest BCUT2D eigenvalue weighted by atomic mass is 9.93. The number of halogens is 1. The lowest BCUT2D eigenvalue weighted by molar-refractivity contribution is -0.142. The second kappa shape index (κ2) is 8.26. The Balaban J connectivity index is 1.60. The van der Waals surface area contributed by atoms with E-state index in [4.69, 9.17) is 11.6 Å². The smallest absolute Gasteiger partial charge is 0.242 e. The van der Waals surface area contributed by atoms with E-state index >= 15 is 0 Å². The molecule has 1 aliphatic heterocycles. The van der Waals surface area contributed by atoms with Crippen molar-refractivity contribution in [3.05, 3.63) is 56.7 Å². The monoisotopic (exact) mass is 416 g/mol. The fourth-order valence-corrected chi connectivity index (χ4v) is 5.00. The number of rotatable bonds is 6. The Morgan fingerprint density at radius 3 is 2.64 bits per heavy atom. The van der Waals surface area contributed by atoms with Gasteiger partial charge < -0.3 is 9.80 Å². The molecule has 0 radical (unpaired) electrons. The molecule has 2 amide bonds. The number of hydrogen-bond donors (Lipinski definition) is 0. The summed E-state index contributed by atoms with van der Waals surface area (Å²) in [5.74, 6) is 0.307. The standard InChI is InChI=1S/C22H25ClN2O2S/c1-2-11-24(22(27)16-3-4-16)14-20(26)25-12-9-19-18(10-13-28-19)21(25)15-5-7-17(23)8-6-15/h5-8,10,13,16,21H,2-4,9,11-12,14H2,1H3. The quantitative estimate of drug-likeness (QED) is 0.694. The summed E-state index contributed by atoms with van der Waals surface area (Å²) in [5, 5.41) is 2.79. The summed E-state index contributed by atoms with van der Waals surface area (Å²) < 4.78 is 0. The molecule has 28 heavy (non-hydrogen) atoms. The number of thiophene rings is 1. The molecule has 6 heteroatoms. The fraction of sp³-hybridized carbons (Fsp3) is 0.455. The zero-order valence-electron chi connectivity index (χ0n) is 16.1. The van der Waals surface area contributed by atoms with Crippen molar-refractivity contribution in [2.45, 2.75) is 38.6 Å². The molecule has 1 fully saturated rings. The average Bonchev–Trinajstić information content (AvgIpc) is 3.44. The average molecular weight is 417 g/mol. The van der Waals surface area contributed by atoms with Crippen LogP contribution in [-0.4, -0.2) is 41.2 Å². The largest absolute Gasteiger partial charge is 0.333 e. The van der Waals surface area contributed by atoms with Crippen LogP contribution in [0.2, 0.25) is 5.02 Å². The van der Waals surface area contributed by atoms with Gasteiger partial charge in [0.1, 0.15) is 0 Å². The third-order valence-electron chi connectivity index (χ3n) is 5.53. The van der Waals surface area contributed by atoms with Crippen molar-refractivity contribution in [2.75, 3.05) is 19.6 Å². The van der Waals surface area contributed by atoms with E-state index in [2.05, 4.69) is 11.4 Å². The molecule has 1 saturated carbocycles. The van der Waals surface area contributed by atoms with Gasteiger partial charge in [-0.05, 0) is 60.4 Å². The zero-order valence-corrected chi connectivity index (χ0v) is 17.6. The van der Waals surface area contributed by atoms with Gasteiger partial charge >= 0.3 is 0 Å². The molecule has 2 heterocycles. The number of benzene rings is 1. The molecule has 1 aromatic carbocycles. The highest BCUT2D eigenvalue weighted by atomic mass is 35.5. The van der Waals surface area contributed by atoms with Crippen LogP contribution in [0.25, 0.3) is 0 Å². The highest BCUT2D eigenvalue weighted by Crippen LogP contribution is 2.38. The lowest BCUT2D eigenvalue weighted by Crippen LogP contribution is -2.47. The topological polar surface area (TPSA) is 40.6 Å². The third kappa shape index (κ3) is 3.96. The van der Waals surface area contributed by atoms with Gasteiger partial charge in [-0.25, -0.2) is 0 Å². The Bertz CT molecular complexity index is 860. The minimum absolute atomic E-state index is 0.0271. The van der Waals surface area contributed by atoms with E-state index in [1.165, 1.54) is 10.4 Å². The first-order valence-corrected chi connectivity index (χ1v) is 11.2. The van der Waals surface area contributed by atoms with Crippen LogP contribution < -0.4 is 0 Å². The van der Waals surface area contributed by atoms with E-state index in [9.17, 15) is 9.59 Å². The van der Waals surface area contributed by atoms with E-state index in [1.54, 1.807) is 16.2 Å². The maximum atomic E-state index is 13.3. The molecule has 0 saturated heterocycles. The van der Waals surface area contributed by atoms with Crippen molar-refractivity contribution in [3.63, 3.8) is 0 Å². The van der Waals surface area contributed by atoms with Crippen molar-refractivity contribution in [1.82, 2.24) is 9.80 Å². The number of carbonyl (C=O) groups is 2. The molecule has 2 aliphatic rings. The maximum absolute atomic E-state index is 13.3. The van der Waals surface area contributed by atoms with Gasteiger partial charge in [-0.2, -0.15) is 0 Å². The second-order valence-corrected chi connectivity index (χ2v) is 9.06. The summed E-state index contributed by atoms with van der Waals surface area (Å²) in [7, 11) is 0. The summed E-state index contributed by atoms with van der Waals surface area (Å²) in [6.07, 6.45) is 3.65. The van der Waals surface area contributed by atoms with Crippen molar-refractivity contribution in [3.8, 4) is 0 Å². The highest BCUT2D eigenvalue weighted by Gasteiger charge is 2.37. The first-order chi connectivity index (χ1) is 13.6. The SMILES string of the molecule is CCCN(CC(=O)N1CCc2sccc2C1c1ccc(Cl)cc1)C(=O)C1CC1. The van der Waals surface area contributed by atoms with Crippen molar-refractivity contribution in [2.24, 2.45) is 5.92 Å². The molecule has 148 valence electrons. The minimum atomic E-state index is -0.112. The molecule has 1 atom stereocenters. The molecule has 1 aromatic heterocycles. The molecular formula is C22H25ClN2O2S. The van der Waals surface area contributed by atoms with Crippen molar-refractivity contribution < 1.29 is 9.59 Å². The van der Waals surface area contributed by atoms with E-state index < -0.39 is 0 Å².